The minimum absolute atomic E-state index is 0.00119. The number of Topliss-reactive ketones (excluding diaryl/α,β-unsaturated/α-hetero) is 1. The van der Waals surface area contributed by atoms with Gasteiger partial charge in [-0.1, -0.05) is 24.3 Å². The number of ether oxygens (including phenoxy) is 5. The molecule has 0 fully saturated rings. The highest BCUT2D eigenvalue weighted by Crippen LogP contribution is 2.06. The summed E-state index contributed by atoms with van der Waals surface area (Å²) in [4.78, 5) is 11.2. The molecule has 0 saturated heterocycles. The molecule has 0 spiro atoms. The molecule has 0 heterocycles. The van der Waals surface area contributed by atoms with Crippen molar-refractivity contribution in [1.82, 2.24) is 0 Å². The van der Waals surface area contributed by atoms with Crippen LogP contribution in [0.25, 0.3) is 0 Å². The lowest BCUT2D eigenvalue weighted by atomic mass is 10.1. The zero-order chi connectivity index (χ0) is 22.1. The molecule has 0 aliphatic heterocycles. The summed E-state index contributed by atoms with van der Waals surface area (Å²) in [6.07, 6.45) is 0.994. The molecule has 9 nitrogen and oxygen atoms in total. The number of carbonyl (C=O) groups is 1. The van der Waals surface area contributed by atoms with Gasteiger partial charge in [0.2, 0.25) is 0 Å². The zero-order valence-electron chi connectivity index (χ0n) is 17.7. The molecule has 0 unspecified atom stereocenters. The van der Waals surface area contributed by atoms with E-state index in [-0.39, 0.29) is 19.0 Å². The topological polar surface area (TPSA) is 107 Å². The molecule has 1 aromatic rings. The fourth-order valence-corrected chi connectivity index (χ4v) is 2.52. The third-order valence-electron chi connectivity index (χ3n) is 3.64. The molecular formula is C20H32O9S. The summed E-state index contributed by atoms with van der Waals surface area (Å²) in [6, 6.07) is 7.35. The smallest absolute Gasteiger partial charge is 0.264 e. The Hall–Kier alpha value is -1.40. The van der Waals surface area contributed by atoms with Crippen LogP contribution in [0.1, 0.15) is 22.8 Å². The van der Waals surface area contributed by atoms with E-state index < -0.39 is 10.1 Å². The molecule has 0 amide bonds. The lowest BCUT2D eigenvalue weighted by molar-refractivity contribution is -0.0138. The fourth-order valence-electron chi connectivity index (χ4n) is 2.15. The van der Waals surface area contributed by atoms with Gasteiger partial charge in [-0.2, -0.15) is 8.42 Å². The standard InChI is InChI=1S/C20H32O9S/c1-18(21)20-5-3-19(4-6-20)17-28-14-13-26-10-9-24-7-8-25-11-12-27-15-16-29-30(2,22)23/h3-6H,7-17H2,1-2H3. The van der Waals surface area contributed by atoms with Crippen molar-refractivity contribution in [3.63, 3.8) is 0 Å². The summed E-state index contributed by atoms with van der Waals surface area (Å²) in [5.41, 5.74) is 1.70. The molecule has 10 heteroatoms. The second-order valence-corrected chi connectivity index (χ2v) is 7.93. The Bertz CT molecular complexity index is 674. The van der Waals surface area contributed by atoms with Crippen molar-refractivity contribution in [3.05, 3.63) is 35.4 Å². The van der Waals surface area contributed by atoms with E-state index >= 15 is 0 Å². The third kappa shape index (κ3) is 15.4. The molecule has 0 aromatic heterocycles. The lowest BCUT2D eigenvalue weighted by Gasteiger charge is -2.08. The summed E-state index contributed by atoms with van der Waals surface area (Å²) < 4.78 is 52.8. The van der Waals surface area contributed by atoms with Crippen molar-refractivity contribution in [3.8, 4) is 0 Å². The SMILES string of the molecule is CC(=O)c1ccc(COCCOCCOCCOCCOCCOS(C)(=O)=O)cc1. The van der Waals surface area contributed by atoms with Gasteiger partial charge in [0.1, 0.15) is 0 Å². The number of hydrogen-bond donors (Lipinski definition) is 0. The van der Waals surface area contributed by atoms with Crippen molar-refractivity contribution in [2.45, 2.75) is 13.5 Å². The Morgan fingerprint density at radius 2 is 1.10 bits per heavy atom. The predicted molar refractivity (Wildman–Crippen MR) is 110 cm³/mol. The summed E-state index contributed by atoms with van der Waals surface area (Å²) in [6.45, 7) is 5.76. The van der Waals surface area contributed by atoms with Crippen molar-refractivity contribution in [2.75, 3.05) is 72.3 Å². The molecule has 30 heavy (non-hydrogen) atoms. The highest BCUT2D eigenvalue weighted by molar-refractivity contribution is 7.85. The second-order valence-electron chi connectivity index (χ2n) is 6.28. The molecule has 172 valence electrons. The first-order valence-electron chi connectivity index (χ1n) is 9.71. The molecule has 1 rings (SSSR count). The van der Waals surface area contributed by atoms with Crippen LogP contribution < -0.4 is 0 Å². The monoisotopic (exact) mass is 448 g/mol. The van der Waals surface area contributed by atoms with Gasteiger partial charge in [-0.3, -0.25) is 8.98 Å². The van der Waals surface area contributed by atoms with Crippen molar-refractivity contribution < 1.29 is 41.1 Å². The number of rotatable bonds is 19. The molecule has 0 bridgehead atoms. The summed E-state index contributed by atoms with van der Waals surface area (Å²) in [7, 11) is -3.41. The quantitative estimate of drug-likeness (QED) is 0.177. The van der Waals surface area contributed by atoms with Crippen molar-refractivity contribution in [1.29, 1.82) is 0 Å². The molecule has 0 atom stereocenters. The molecule has 0 aliphatic carbocycles. The Labute approximate surface area is 178 Å². The Morgan fingerprint density at radius 1 is 0.700 bits per heavy atom. The normalized spacial score (nSPS) is 11.7. The van der Waals surface area contributed by atoms with Crippen LogP contribution in [0.4, 0.5) is 0 Å². The maximum atomic E-state index is 11.2. The number of hydrogen-bond acceptors (Lipinski definition) is 9. The minimum Gasteiger partial charge on any atom is -0.377 e. The molecule has 0 N–H and O–H groups in total. The van der Waals surface area contributed by atoms with E-state index in [0.717, 1.165) is 11.8 Å². The summed E-state index contributed by atoms with van der Waals surface area (Å²) in [5.74, 6) is 0.0493. The fraction of sp³-hybridized carbons (Fsp3) is 0.650. The summed E-state index contributed by atoms with van der Waals surface area (Å²) in [5, 5.41) is 0. The number of benzene rings is 1. The van der Waals surface area contributed by atoms with Crippen LogP contribution >= 0.6 is 0 Å². The van der Waals surface area contributed by atoms with Gasteiger partial charge in [0.15, 0.2) is 5.78 Å². The molecule has 0 aliphatic rings. The van der Waals surface area contributed by atoms with Crippen LogP contribution in [0.3, 0.4) is 0 Å². The minimum atomic E-state index is -3.41. The molecule has 1 aromatic carbocycles. The van der Waals surface area contributed by atoms with Gasteiger partial charge in [0, 0.05) is 5.56 Å². The van der Waals surface area contributed by atoms with E-state index in [1.165, 1.54) is 0 Å². The average molecular weight is 449 g/mol. The first kappa shape index (κ1) is 26.6. The van der Waals surface area contributed by atoms with E-state index in [0.29, 0.717) is 65.0 Å². The maximum absolute atomic E-state index is 11.2. The zero-order valence-corrected chi connectivity index (χ0v) is 18.5. The van der Waals surface area contributed by atoms with Crippen LogP contribution in [-0.4, -0.2) is 86.5 Å². The van der Waals surface area contributed by atoms with E-state index in [1.54, 1.807) is 19.1 Å². The average Bonchev–Trinajstić information content (AvgIpc) is 2.69. The highest BCUT2D eigenvalue weighted by Gasteiger charge is 2.01. The lowest BCUT2D eigenvalue weighted by Crippen LogP contribution is -2.14. The van der Waals surface area contributed by atoms with Crippen molar-refractivity contribution in [2.24, 2.45) is 0 Å². The first-order chi connectivity index (χ1) is 14.4. The number of carbonyl (C=O) groups excluding carboxylic acids is 1. The van der Waals surface area contributed by atoms with Crippen LogP contribution in [0.5, 0.6) is 0 Å². The largest absolute Gasteiger partial charge is 0.377 e. The Balaban J connectivity index is 1.80. The van der Waals surface area contributed by atoms with E-state index in [4.69, 9.17) is 23.7 Å². The maximum Gasteiger partial charge on any atom is 0.264 e. The van der Waals surface area contributed by atoms with Gasteiger partial charge in [0.05, 0.1) is 78.9 Å². The van der Waals surface area contributed by atoms with E-state index in [9.17, 15) is 13.2 Å². The van der Waals surface area contributed by atoms with Gasteiger partial charge < -0.3 is 23.7 Å². The van der Waals surface area contributed by atoms with Crippen molar-refractivity contribution >= 4 is 15.9 Å². The molecule has 0 saturated carbocycles. The molecule has 0 radical (unpaired) electrons. The molecular weight excluding hydrogens is 416 g/mol. The van der Waals surface area contributed by atoms with Gasteiger partial charge in [0.25, 0.3) is 10.1 Å². The van der Waals surface area contributed by atoms with Crippen LogP contribution in [-0.2, 0) is 44.6 Å². The first-order valence-corrected chi connectivity index (χ1v) is 11.5. The second kappa shape index (κ2) is 16.3. The van der Waals surface area contributed by atoms with Crippen LogP contribution in [0.15, 0.2) is 24.3 Å². The van der Waals surface area contributed by atoms with Crippen LogP contribution in [0.2, 0.25) is 0 Å². The predicted octanol–water partition coefficient (Wildman–Crippen LogP) is 1.45. The number of ketones is 1. The van der Waals surface area contributed by atoms with Crippen LogP contribution in [0, 0.1) is 0 Å². The highest BCUT2D eigenvalue weighted by atomic mass is 32.2. The Kier molecular flexibility index (Phi) is 14.5. The van der Waals surface area contributed by atoms with Gasteiger partial charge in [-0.05, 0) is 12.5 Å². The third-order valence-corrected chi connectivity index (χ3v) is 4.24. The van der Waals surface area contributed by atoms with Gasteiger partial charge in [-0.25, -0.2) is 0 Å². The van der Waals surface area contributed by atoms with Gasteiger partial charge in [-0.15, -0.1) is 0 Å². The van der Waals surface area contributed by atoms with E-state index in [1.807, 2.05) is 12.1 Å². The van der Waals surface area contributed by atoms with Gasteiger partial charge >= 0.3 is 0 Å². The summed E-state index contributed by atoms with van der Waals surface area (Å²) >= 11 is 0. The Morgan fingerprint density at radius 3 is 1.50 bits per heavy atom. The van der Waals surface area contributed by atoms with E-state index in [2.05, 4.69) is 4.18 Å².